The van der Waals surface area contributed by atoms with Gasteiger partial charge in [0.15, 0.2) is 0 Å². The second-order valence-corrected chi connectivity index (χ2v) is 9.10. The van der Waals surface area contributed by atoms with E-state index < -0.39 is 5.60 Å². The molecule has 0 bridgehead atoms. The molecule has 3 aromatic rings. The Morgan fingerprint density at radius 1 is 1.29 bits per heavy atom. The number of amides is 1. The molecule has 1 N–H and O–H groups in total. The molecule has 2 aliphatic heterocycles. The summed E-state index contributed by atoms with van der Waals surface area (Å²) in [5.41, 5.74) is 4.80. The lowest BCUT2D eigenvalue weighted by molar-refractivity contribution is -0.00969. The lowest BCUT2D eigenvalue weighted by Gasteiger charge is -2.47. The maximum Gasteiger partial charge on any atom is 0.410 e. The predicted molar refractivity (Wildman–Crippen MR) is 106 cm³/mol. The Hall–Kier alpha value is -2.83. The van der Waals surface area contributed by atoms with Gasteiger partial charge in [-0.3, -0.25) is 4.68 Å². The summed E-state index contributed by atoms with van der Waals surface area (Å²) >= 11 is 0. The molecule has 1 saturated heterocycles. The Labute approximate surface area is 163 Å². The van der Waals surface area contributed by atoms with Gasteiger partial charge in [0.05, 0.1) is 5.69 Å². The molecule has 5 heterocycles. The minimum Gasteiger partial charge on any atom is -0.444 e. The van der Waals surface area contributed by atoms with Gasteiger partial charge in [-0.15, -0.1) is 0 Å². The first-order chi connectivity index (χ1) is 13.2. The van der Waals surface area contributed by atoms with E-state index >= 15 is 0 Å². The molecule has 1 fully saturated rings. The topological polar surface area (TPSA) is 76.0 Å². The number of aryl methyl sites for hydroxylation is 2. The quantitative estimate of drug-likeness (QED) is 0.700. The van der Waals surface area contributed by atoms with Crippen LogP contribution in [0, 0.1) is 6.92 Å². The number of likely N-dealkylation sites (tertiary alicyclic amines) is 1. The SMILES string of the molecule is Cc1c[nH]c2ncc(-c3cc4n(n3)CCC43CN(C(=O)OC(C)(C)C)C3)cc12. The molecule has 3 aromatic heterocycles. The Morgan fingerprint density at radius 2 is 2.07 bits per heavy atom. The number of aromatic amines is 1. The van der Waals surface area contributed by atoms with Crippen LogP contribution in [0.3, 0.4) is 0 Å². The number of fused-ring (bicyclic) bond motifs is 3. The molecular weight excluding hydrogens is 354 g/mol. The molecule has 7 heteroatoms. The van der Waals surface area contributed by atoms with E-state index in [1.807, 2.05) is 33.2 Å². The summed E-state index contributed by atoms with van der Waals surface area (Å²) in [4.78, 5) is 21.8. The molecule has 28 heavy (non-hydrogen) atoms. The van der Waals surface area contributed by atoms with E-state index in [1.165, 1.54) is 11.3 Å². The monoisotopic (exact) mass is 379 g/mol. The summed E-state index contributed by atoms with van der Waals surface area (Å²) in [6, 6.07) is 4.32. The van der Waals surface area contributed by atoms with Crippen molar-refractivity contribution in [2.24, 2.45) is 0 Å². The van der Waals surface area contributed by atoms with E-state index in [0.29, 0.717) is 13.1 Å². The summed E-state index contributed by atoms with van der Waals surface area (Å²) in [5, 5.41) is 5.95. The predicted octanol–water partition coefficient (Wildman–Crippen LogP) is 3.63. The van der Waals surface area contributed by atoms with Crippen LogP contribution in [-0.4, -0.2) is 49.4 Å². The van der Waals surface area contributed by atoms with Crippen LogP contribution in [0.1, 0.15) is 38.4 Å². The summed E-state index contributed by atoms with van der Waals surface area (Å²) in [5.74, 6) is 0. The maximum absolute atomic E-state index is 12.3. The van der Waals surface area contributed by atoms with Crippen molar-refractivity contribution in [3.05, 3.63) is 35.8 Å². The van der Waals surface area contributed by atoms with Gasteiger partial charge in [0.25, 0.3) is 0 Å². The normalized spacial score (nSPS) is 17.8. The van der Waals surface area contributed by atoms with E-state index in [9.17, 15) is 4.79 Å². The molecule has 5 rings (SSSR count). The number of pyridine rings is 1. The van der Waals surface area contributed by atoms with E-state index in [2.05, 4.69) is 33.7 Å². The summed E-state index contributed by atoms with van der Waals surface area (Å²) in [6.07, 6.45) is 4.64. The lowest BCUT2D eigenvalue weighted by atomic mass is 9.76. The smallest absolute Gasteiger partial charge is 0.410 e. The Bertz CT molecular complexity index is 1080. The Kier molecular flexibility index (Phi) is 3.45. The summed E-state index contributed by atoms with van der Waals surface area (Å²) < 4.78 is 7.60. The van der Waals surface area contributed by atoms with Gasteiger partial charge < -0.3 is 14.6 Å². The molecule has 7 nitrogen and oxygen atoms in total. The van der Waals surface area contributed by atoms with Crippen molar-refractivity contribution < 1.29 is 9.53 Å². The number of hydrogen-bond donors (Lipinski definition) is 1. The zero-order valence-corrected chi connectivity index (χ0v) is 16.7. The molecule has 1 spiro atoms. The fourth-order valence-electron chi connectivity index (χ4n) is 4.34. The van der Waals surface area contributed by atoms with Crippen molar-refractivity contribution in [2.45, 2.75) is 51.7 Å². The van der Waals surface area contributed by atoms with Crippen LogP contribution in [-0.2, 0) is 16.7 Å². The highest BCUT2D eigenvalue weighted by Crippen LogP contribution is 2.44. The third-order valence-electron chi connectivity index (χ3n) is 5.80. The summed E-state index contributed by atoms with van der Waals surface area (Å²) in [7, 11) is 0. The van der Waals surface area contributed by atoms with E-state index in [0.717, 1.165) is 35.3 Å². The van der Waals surface area contributed by atoms with Crippen LogP contribution in [0.2, 0.25) is 0 Å². The number of H-pyrrole nitrogens is 1. The average molecular weight is 379 g/mol. The number of hydrogen-bond acceptors (Lipinski definition) is 4. The van der Waals surface area contributed by atoms with Gasteiger partial charge in [-0.1, -0.05) is 0 Å². The van der Waals surface area contributed by atoms with Crippen LogP contribution in [0.15, 0.2) is 24.5 Å². The van der Waals surface area contributed by atoms with E-state index in [4.69, 9.17) is 9.84 Å². The molecule has 0 aromatic carbocycles. The number of nitrogens with zero attached hydrogens (tertiary/aromatic N) is 4. The molecule has 0 saturated carbocycles. The lowest BCUT2D eigenvalue weighted by Crippen LogP contribution is -2.61. The maximum atomic E-state index is 12.3. The number of aromatic nitrogens is 4. The first-order valence-corrected chi connectivity index (χ1v) is 9.75. The van der Waals surface area contributed by atoms with E-state index in [1.54, 1.807) is 4.90 Å². The van der Waals surface area contributed by atoms with Gasteiger partial charge in [0.1, 0.15) is 11.2 Å². The van der Waals surface area contributed by atoms with E-state index in [-0.39, 0.29) is 11.5 Å². The number of carbonyl (C=O) groups excluding carboxylic acids is 1. The van der Waals surface area contributed by atoms with Crippen molar-refractivity contribution in [1.82, 2.24) is 24.6 Å². The standard InChI is InChI=1S/C21H25N5O2/c1-13-9-22-18-15(13)7-14(10-23-18)16-8-17-21(5-6-26(17)24-16)11-25(12-21)19(27)28-20(2,3)4/h7-10H,5-6,11-12H2,1-4H3,(H,22,23). The Balaban J connectivity index is 1.39. The van der Waals surface area contributed by atoms with Crippen LogP contribution < -0.4 is 0 Å². The third kappa shape index (κ3) is 2.60. The van der Waals surface area contributed by atoms with Gasteiger partial charge in [-0.2, -0.15) is 5.10 Å². The van der Waals surface area contributed by atoms with Crippen LogP contribution in [0.5, 0.6) is 0 Å². The second-order valence-electron chi connectivity index (χ2n) is 9.10. The highest BCUT2D eigenvalue weighted by molar-refractivity contribution is 5.83. The van der Waals surface area contributed by atoms with Gasteiger partial charge in [0.2, 0.25) is 0 Å². The minimum atomic E-state index is -0.466. The van der Waals surface area contributed by atoms with Crippen molar-refractivity contribution in [2.75, 3.05) is 13.1 Å². The van der Waals surface area contributed by atoms with Crippen molar-refractivity contribution >= 4 is 17.1 Å². The van der Waals surface area contributed by atoms with Crippen molar-refractivity contribution in [1.29, 1.82) is 0 Å². The highest BCUT2D eigenvalue weighted by atomic mass is 16.6. The molecule has 1 amide bonds. The first kappa shape index (κ1) is 17.3. The molecule has 0 radical (unpaired) electrons. The van der Waals surface area contributed by atoms with Crippen LogP contribution in [0.25, 0.3) is 22.3 Å². The molecule has 0 atom stereocenters. The number of rotatable bonds is 1. The third-order valence-corrected chi connectivity index (χ3v) is 5.80. The van der Waals surface area contributed by atoms with Gasteiger partial charge in [-0.25, -0.2) is 9.78 Å². The second kappa shape index (κ2) is 5.59. The van der Waals surface area contributed by atoms with Crippen LogP contribution >= 0.6 is 0 Å². The minimum absolute atomic E-state index is 0.00366. The number of nitrogens with one attached hydrogen (secondary N) is 1. The first-order valence-electron chi connectivity index (χ1n) is 9.75. The largest absolute Gasteiger partial charge is 0.444 e. The zero-order valence-electron chi connectivity index (χ0n) is 16.7. The number of ether oxygens (including phenoxy) is 1. The van der Waals surface area contributed by atoms with Gasteiger partial charge in [-0.05, 0) is 51.8 Å². The van der Waals surface area contributed by atoms with Gasteiger partial charge in [0, 0.05) is 54.1 Å². The highest BCUT2D eigenvalue weighted by Gasteiger charge is 2.52. The molecular formula is C21H25N5O2. The van der Waals surface area contributed by atoms with Crippen molar-refractivity contribution in [3.63, 3.8) is 0 Å². The Morgan fingerprint density at radius 3 is 2.82 bits per heavy atom. The fraction of sp³-hybridized carbons (Fsp3) is 0.476. The molecule has 146 valence electrons. The number of carbonyl (C=O) groups is 1. The fourth-order valence-corrected chi connectivity index (χ4v) is 4.34. The van der Waals surface area contributed by atoms with Crippen LogP contribution in [0.4, 0.5) is 4.79 Å². The molecule has 2 aliphatic rings. The summed E-state index contributed by atoms with van der Waals surface area (Å²) in [6.45, 7) is 10.0. The van der Waals surface area contributed by atoms with Gasteiger partial charge >= 0.3 is 6.09 Å². The molecule has 0 aliphatic carbocycles. The van der Waals surface area contributed by atoms with Crippen molar-refractivity contribution in [3.8, 4) is 11.3 Å². The average Bonchev–Trinajstić information content (AvgIpc) is 3.25. The molecule has 0 unspecified atom stereocenters. The zero-order chi connectivity index (χ0) is 19.7.